The molecule has 0 radical (unpaired) electrons. The number of ether oxygens (including phenoxy) is 2. The molecule has 2 aromatic carbocycles. The summed E-state index contributed by atoms with van der Waals surface area (Å²) in [7, 11) is 0. The maximum Gasteiger partial charge on any atom is 0.228 e. The highest BCUT2D eigenvalue weighted by molar-refractivity contribution is 7.13. The maximum atomic E-state index is 12.9. The van der Waals surface area contributed by atoms with E-state index in [4.69, 9.17) is 21.1 Å². The van der Waals surface area contributed by atoms with Gasteiger partial charge < -0.3 is 14.4 Å². The van der Waals surface area contributed by atoms with Crippen molar-refractivity contribution in [3.63, 3.8) is 0 Å². The third-order valence-electron chi connectivity index (χ3n) is 4.70. The summed E-state index contributed by atoms with van der Waals surface area (Å²) in [5, 5.41) is 3.41. The van der Waals surface area contributed by atoms with Gasteiger partial charge in [-0.25, -0.2) is 4.98 Å². The van der Waals surface area contributed by atoms with Gasteiger partial charge in [0.15, 0.2) is 11.5 Å². The molecule has 5 nitrogen and oxygen atoms in total. The van der Waals surface area contributed by atoms with Crippen LogP contribution in [0.5, 0.6) is 11.5 Å². The molecule has 0 N–H and O–H groups in total. The van der Waals surface area contributed by atoms with E-state index in [1.807, 2.05) is 59.7 Å². The smallest absolute Gasteiger partial charge is 0.228 e. The third-order valence-corrected chi connectivity index (χ3v) is 5.96. The number of amides is 1. The van der Waals surface area contributed by atoms with Gasteiger partial charge in [0.25, 0.3) is 0 Å². The summed E-state index contributed by atoms with van der Waals surface area (Å²) in [6.45, 7) is 4.23. The first kappa shape index (κ1) is 19.7. The maximum absolute atomic E-state index is 12.9. The summed E-state index contributed by atoms with van der Waals surface area (Å²) < 4.78 is 11.2. The number of hydrogen-bond acceptors (Lipinski definition) is 5. The van der Waals surface area contributed by atoms with E-state index in [2.05, 4.69) is 4.98 Å². The second-order valence-electron chi connectivity index (χ2n) is 6.69. The van der Waals surface area contributed by atoms with Gasteiger partial charge in [-0.2, -0.15) is 0 Å². The molecule has 0 spiro atoms. The predicted molar refractivity (Wildman–Crippen MR) is 115 cm³/mol. The van der Waals surface area contributed by atoms with Gasteiger partial charge in [0.1, 0.15) is 18.2 Å². The van der Waals surface area contributed by atoms with Crippen molar-refractivity contribution in [1.82, 2.24) is 9.88 Å². The third kappa shape index (κ3) is 4.54. The number of carbonyl (C=O) groups excluding carboxylic acids is 1. The summed E-state index contributed by atoms with van der Waals surface area (Å²) in [4.78, 5) is 19.3. The average Bonchev–Trinajstić information content (AvgIpc) is 3.20. The summed E-state index contributed by atoms with van der Waals surface area (Å²) in [6, 6.07) is 13.4. The molecule has 0 bridgehead atoms. The van der Waals surface area contributed by atoms with Gasteiger partial charge in [0, 0.05) is 24.0 Å². The normalized spacial score (nSPS) is 12.6. The molecule has 0 atom stereocenters. The quantitative estimate of drug-likeness (QED) is 0.564. The molecule has 1 aliphatic rings. The summed E-state index contributed by atoms with van der Waals surface area (Å²) in [6.07, 6.45) is 0.263. The molecule has 0 unspecified atom stereocenters. The van der Waals surface area contributed by atoms with Crippen LogP contribution in [0.2, 0.25) is 5.02 Å². The van der Waals surface area contributed by atoms with Crippen LogP contribution in [0, 0.1) is 0 Å². The van der Waals surface area contributed by atoms with Crippen molar-refractivity contribution in [3.05, 3.63) is 64.1 Å². The van der Waals surface area contributed by atoms with Crippen molar-refractivity contribution in [2.75, 3.05) is 19.8 Å². The molecule has 0 saturated carbocycles. The van der Waals surface area contributed by atoms with Gasteiger partial charge in [0.2, 0.25) is 5.91 Å². The van der Waals surface area contributed by atoms with Crippen LogP contribution in [0.3, 0.4) is 0 Å². The molecule has 0 aliphatic carbocycles. The van der Waals surface area contributed by atoms with Crippen molar-refractivity contribution < 1.29 is 14.3 Å². The monoisotopic (exact) mass is 428 g/mol. The molecule has 0 saturated heterocycles. The average molecular weight is 429 g/mol. The fourth-order valence-corrected chi connectivity index (χ4v) is 4.34. The molecule has 1 aliphatic heterocycles. The summed E-state index contributed by atoms with van der Waals surface area (Å²) in [5.41, 5.74) is 2.66. The number of hydrogen-bond donors (Lipinski definition) is 0. The fourth-order valence-electron chi connectivity index (χ4n) is 3.20. The summed E-state index contributed by atoms with van der Waals surface area (Å²) >= 11 is 7.76. The zero-order valence-corrected chi connectivity index (χ0v) is 17.6. The summed E-state index contributed by atoms with van der Waals surface area (Å²) in [5.74, 6) is 1.53. The molecule has 29 heavy (non-hydrogen) atoms. The topological polar surface area (TPSA) is 51.7 Å². The highest BCUT2D eigenvalue weighted by atomic mass is 35.5. The van der Waals surface area contributed by atoms with Crippen molar-refractivity contribution in [3.8, 4) is 22.1 Å². The fraction of sp³-hybridized carbons (Fsp3) is 0.273. The van der Waals surface area contributed by atoms with E-state index in [9.17, 15) is 4.79 Å². The van der Waals surface area contributed by atoms with E-state index in [0.29, 0.717) is 31.3 Å². The van der Waals surface area contributed by atoms with E-state index in [-0.39, 0.29) is 12.3 Å². The molecule has 4 rings (SSSR count). The van der Waals surface area contributed by atoms with E-state index < -0.39 is 0 Å². The minimum Gasteiger partial charge on any atom is -0.486 e. The Morgan fingerprint density at radius 1 is 1.17 bits per heavy atom. The zero-order valence-electron chi connectivity index (χ0n) is 16.1. The van der Waals surface area contributed by atoms with Crippen LogP contribution >= 0.6 is 22.9 Å². The zero-order chi connectivity index (χ0) is 20.2. The van der Waals surface area contributed by atoms with Crippen molar-refractivity contribution in [2.45, 2.75) is 19.9 Å². The lowest BCUT2D eigenvalue weighted by molar-refractivity contribution is -0.130. The van der Waals surface area contributed by atoms with Crippen LogP contribution in [-0.4, -0.2) is 35.5 Å². The van der Waals surface area contributed by atoms with Crippen LogP contribution in [0.25, 0.3) is 10.6 Å². The number of halogens is 1. The van der Waals surface area contributed by atoms with E-state index in [1.165, 1.54) is 11.3 Å². The lowest BCUT2D eigenvalue weighted by Gasteiger charge is -2.23. The number of carbonyl (C=O) groups is 1. The highest BCUT2D eigenvalue weighted by Crippen LogP contribution is 2.32. The second kappa shape index (κ2) is 8.84. The molecule has 1 aromatic heterocycles. The Morgan fingerprint density at radius 3 is 2.76 bits per heavy atom. The van der Waals surface area contributed by atoms with E-state index >= 15 is 0 Å². The Labute approximate surface area is 178 Å². The lowest BCUT2D eigenvalue weighted by Crippen LogP contribution is -2.31. The SMILES string of the molecule is CCN(Cc1ccc2c(c1)OCCO2)C(=O)Cc1csc(-c2ccccc2Cl)n1. The molecule has 0 fully saturated rings. The number of thiazole rings is 1. The van der Waals surface area contributed by atoms with E-state index in [1.54, 1.807) is 0 Å². The Kier molecular flexibility index (Phi) is 6.02. The molecular weight excluding hydrogens is 408 g/mol. The minimum absolute atomic E-state index is 0.0402. The van der Waals surface area contributed by atoms with Crippen LogP contribution in [0.15, 0.2) is 47.8 Å². The number of likely N-dealkylation sites (N-methyl/N-ethyl adjacent to an activating group) is 1. The number of nitrogens with zero attached hydrogens (tertiary/aromatic N) is 2. The van der Waals surface area contributed by atoms with E-state index in [0.717, 1.165) is 33.3 Å². The van der Waals surface area contributed by atoms with Crippen molar-refractivity contribution in [1.29, 1.82) is 0 Å². The van der Waals surface area contributed by atoms with Crippen LogP contribution in [0.1, 0.15) is 18.2 Å². The number of fused-ring (bicyclic) bond motifs is 1. The molecule has 150 valence electrons. The first-order chi connectivity index (χ1) is 14.1. The largest absolute Gasteiger partial charge is 0.486 e. The van der Waals surface area contributed by atoms with Gasteiger partial charge in [-0.3, -0.25) is 4.79 Å². The second-order valence-corrected chi connectivity index (χ2v) is 7.95. The van der Waals surface area contributed by atoms with Crippen molar-refractivity contribution in [2.24, 2.45) is 0 Å². The minimum atomic E-state index is 0.0402. The van der Waals surface area contributed by atoms with Crippen LogP contribution in [0.4, 0.5) is 0 Å². The van der Waals surface area contributed by atoms with Gasteiger partial charge >= 0.3 is 0 Å². The highest BCUT2D eigenvalue weighted by Gasteiger charge is 2.18. The molecule has 7 heteroatoms. The first-order valence-corrected chi connectivity index (χ1v) is 10.8. The van der Waals surface area contributed by atoms with Crippen molar-refractivity contribution >= 4 is 28.8 Å². The van der Waals surface area contributed by atoms with Gasteiger partial charge in [-0.05, 0) is 30.7 Å². The number of rotatable bonds is 6. The number of benzene rings is 2. The van der Waals surface area contributed by atoms with Crippen LogP contribution in [-0.2, 0) is 17.8 Å². The molecular formula is C22H21ClN2O3S. The Balaban J connectivity index is 1.44. The van der Waals surface area contributed by atoms with Gasteiger partial charge in [-0.15, -0.1) is 11.3 Å². The van der Waals surface area contributed by atoms with Gasteiger partial charge in [-0.1, -0.05) is 35.9 Å². The lowest BCUT2D eigenvalue weighted by atomic mass is 10.1. The van der Waals surface area contributed by atoms with Gasteiger partial charge in [0.05, 0.1) is 17.1 Å². The first-order valence-electron chi connectivity index (χ1n) is 9.49. The molecule has 1 amide bonds. The molecule has 3 aromatic rings. The Bertz CT molecular complexity index is 1020. The standard InChI is InChI=1S/C22H21ClN2O3S/c1-2-25(13-15-7-8-19-20(11-15)28-10-9-27-19)21(26)12-16-14-29-22(24-16)17-5-3-4-6-18(17)23/h3-8,11,14H,2,9-10,12-13H2,1H3. The Morgan fingerprint density at radius 2 is 1.97 bits per heavy atom. The number of aromatic nitrogens is 1. The predicted octanol–water partition coefficient (Wildman–Crippen LogP) is 4.83. The molecule has 2 heterocycles. The Hall–Kier alpha value is -2.57. The van der Waals surface area contributed by atoms with Crippen LogP contribution < -0.4 is 9.47 Å².